The fourth-order valence-corrected chi connectivity index (χ4v) is 4.63. The Labute approximate surface area is 122 Å². The molecule has 0 atom stereocenters. The summed E-state index contributed by atoms with van der Waals surface area (Å²) >= 11 is 5.88. The normalized spacial score (nSPS) is 12.4. The monoisotopic (exact) mass is 298 g/mol. The zero-order valence-corrected chi connectivity index (χ0v) is 14.0. The molecule has 0 radical (unpaired) electrons. The number of ether oxygens (including phenoxy) is 1. The predicted molar refractivity (Wildman–Crippen MR) is 84.7 cm³/mol. The van der Waals surface area contributed by atoms with Gasteiger partial charge in [-0.1, -0.05) is 44.5 Å². The van der Waals surface area contributed by atoms with Crippen molar-refractivity contribution in [3.8, 4) is 0 Å². The molecule has 0 aliphatic rings. The van der Waals surface area contributed by atoms with Crippen molar-refractivity contribution in [1.82, 2.24) is 0 Å². The molecule has 2 nitrogen and oxygen atoms in total. The molecule has 19 heavy (non-hydrogen) atoms. The van der Waals surface area contributed by atoms with E-state index in [1.165, 1.54) is 0 Å². The predicted octanol–water partition coefficient (Wildman–Crippen LogP) is 5.31. The summed E-state index contributed by atoms with van der Waals surface area (Å²) in [6.45, 7) is 6.61. The average molecular weight is 299 g/mol. The van der Waals surface area contributed by atoms with Gasteiger partial charge in [-0.3, -0.25) is 0 Å². The van der Waals surface area contributed by atoms with Gasteiger partial charge in [0.1, 0.15) is 0 Å². The first kappa shape index (κ1) is 16.1. The molecule has 1 aromatic carbocycles. The van der Waals surface area contributed by atoms with Gasteiger partial charge in [-0.05, 0) is 35.8 Å². The van der Waals surface area contributed by atoms with E-state index in [0.29, 0.717) is 5.95 Å². The third-order valence-electron chi connectivity index (χ3n) is 3.61. The van der Waals surface area contributed by atoms with Crippen LogP contribution in [-0.2, 0) is 9.16 Å². The molecule has 4 heteroatoms. The van der Waals surface area contributed by atoms with Crippen LogP contribution in [0.5, 0.6) is 0 Å². The smallest absolute Gasteiger partial charge is 0.265 e. The highest BCUT2D eigenvalue weighted by Crippen LogP contribution is 2.26. The van der Waals surface area contributed by atoms with Gasteiger partial charge in [0, 0.05) is 11.1 Å². The SMILES string of the molecule is CC[Si](CC)(CC)O/C(=C\c1ccc(Cl)cc1)OC. The van der Waals surface area contributed by atoms with Crippen molar-refractivity contribution in [2.45, 2.75) is 38.9 Å². The number of hydrogen-bond donors (Lipinski definition) is 0. The molecule has 0 amide bonds. The first-order valence-corrected chi connectivity index (χ1v) is 9.70. The van der Waals surface area contributed by atoms with Crippen LogP contribution >= 0.6 is 11.6 Å². The van der Waals surface area contributed by atoms with Gasteiger partial charge in [-0.15, -0.1) is 0 Å². The summed E-state index contributed by atoms with van der Waals surface area (Å²) in [6, 6.07) is 10.9. The maximum atomic E-state index is 6.21. The molecule has 0 aromatic heterocycles. The zero-order valence-electron chi connectivity index (χ0n) is 12.2. The number of hydrogen-bond acceptors (Lipinski definition) is 2. The Kier molecular flexibility index (Phi) is 6.45. The third kappa shape index (κ3) is 4.59. The van der Waals surface area contributed by atoms with E-state index < -0.39 is 8.32 Å². The summed E-state index contributed by atoms with van der Waals surface area (Å²) in [5.74, 6) is 0.611. The molecule has 0 saturated heterocycles. The van der Waals surface area contributed by atoms with E-state index in [4.69, 9.17) is 20.8 Å². The Morgan fingerprint density at radius 1 is 1.11 bits per heavy atom. The number of halogens is 1. The molecule has 1 aromatic rings. The molecular weight excluding hydrogens is 276 g/mol. The summed E-state index contributed by atoms with van der Waals surface area (Å²) in [4.78, 5) is 0. The molecule has 0 spiro atoms. The largest absolute Gasteiger partial charge is 0.519 e. The van der Waals surface area contributed by atoms with Gasteiger partial charge < -0.3 is 9.16 Å². The van der Waals surface area contributed by atoms with Crippen LogP contribution in [0.4, 0.5) is 0 Å². The minimum absolute atomic E-state index is 0.611. The standard InChI is InChI=1S/C15H23ClO2Si/c1-5-19(6-2,7-3)18-15(17-4)12-13-8-10-14(16)11-9-13/h8-12H,5-7H2,1-4H3/b15-12-. The van der Waals surface area contributed by atoms with Crippen LogP contribution in [0.3, 0.4) is 0 Å². The highest BCUT2D eigenvalue weighted by atomic mass is 35.5. The Hall–Kier alpha value is -0.933. The Morgan fingerprint density at radius 3 is 2.05 bits per heavy atom. The van der Waals surface area contributed by atoms with Crippen LogP contribution in [0.2, 0.25) is 23.2 Å². The molecule has 0 heterocycles. The van der Waals surface area contributed by atoms with E-state index in [9.17, 15) is 0 Å². The van der Waals surface area contributed by atoms with E-state index in [2.05, 4.69) is 20.8 Å². The molecule has 0 fully saturated rings. The maximum Gasteiger partial charge on any atom is 0.265 e. The van der Waals surface area contributed by atoms with Crippen LogP contribution in [0.1, 0.15) is 26.3 Å². The molecule has 0 aliphatic carbocycles. The van der Waals surface area contributed by atoms with E-state index in [0.717, 1.165) is 28.7 Å². The quantitative estimate of drug-likeness (QED) is 0.502. The van der Waals surface area contributed by atoms with Crippen molar-refractivity contribution in [1.29, 1.82) is 0 Å². The fraction of sp³-hybridized carbons (Fsp3) is 0.467. The Morgan fingerprint density at radius 2 is 1.63 bits per heavy atom. The third-order valence-corrected chi connectivity index (χ3v) is 8.36. The Balaban J connectivity index is 2.91. The summed E-state index contributed by atoms with van der Waals surface area (Å²) < 4.78 is 11.6. The summed E-state index contributed by atoms with van der Waals surface area (Å²) in [7, 11) is -0.0309. The van der Waals surface area contributed by atoms with Crippen molar-refractivity contribution < 1.29 is 9.16 Å². The lowest BCUT2D eigenvalue weighted by Gasteiger charge is -2.29. The van der Waals surface area contributed by atoms with E-state index in [1.807, 2.05) is 30.3 Å². The van der Waals surface area contributed by atoms with E-state index in [-0.39, 0.29) is 0 Å². The van der Waals surface area contributed by atoms with E-state index in [1.54, 1.807) is 7.11 Å². The average Bonchev–Trinajstić information content (AvgIpc) is 2.46. The van der Waals surface area contributed by atoms with Gasteiger partial charge in [-0.25, -0.2) is 0 Å². The molecule has 0 aliphatic heterocycles. The first-order chi connectivity index (χ1) is 9.09. The van der Waals surface area contributed by atoms with Gasteiger partial charge in [0.05, 0.1) is 7.11 Å². The number of methoxy groups -OCH3 is 1. The zero-order chi connectivity index (χ0) is 14.3. The lowest BCUT2D eigenvalue weighted by Crippen LogP contribution is -2.35. The second-order valence-corrected chi connectivity index (χ2v) is 9.69. The maximum absolute atomic E-state index is 6.21. The van der Waals surface area contributed by atoms with Crippen LogP contribution in [0.15, 0.2) is 30.2 Å². The van der Waals surface area contributed by atoms with Crippen molar-refractivity contribution >= 4 is 26.0 Å². The van der Waals surface area contributed by atoms with Gasteiger partial charge in [0.25, 0.3) is 14.3 Å². The highest BCUT2D eigenvalue weighted by Gasteiger charge is 2.31. The summed E-state index contributed by atoms with van der Waals surface area (Å²) in [5, 5.41) is 0.733. The van der Waals surface area contributed by atoms with Crippen LogP contribution < -0.4 is 0 Å². The number of rotatable bonds is 7. The molecule has 0 bridgehead atoms. The van der Waals surface area contributed by atoms with Crippen LogP contribution in [0.25, 0.3) is 6.08 Å². The van der Waals surface area contributed by atoms with Crippen LogP contribution in [-0.4, -0.2) is 15.4 Å². The lowest BCUT2D eigenvalue weighted by atomic mass is 10.2. The molecular formula is C15H23ClO2Si. The van der Waals surface area contributed by atoms with Crippen LogP contribution in [0, 0.1) is 0 Å². The second-order valence-electron chi connectivity index (χ2n) is 4.56. The highest BCUT2D eigenvalue weighted by molar-refractivity contribution is 6.73. The fourth-order valence-electron chi connectivity index (χ4n) is 2.01. The summed E-state index contributed by atoms with van der Waals surface area (Å²) in [5.41, 5.74) is 1.03. The van der Waals surface area contributed by atoms with E-state index >= 15 is 0 Å². The number of benzene rings is 1. The molecule has 0 saturated carbocycles. The minimum atomic E-state index is -1.69. The molecule has 106 valence electrons. The Bertz CT molecular complexity index is 402. The van der Waals surface area contributed by atoms with Gasteiger partial charge in [0.15, 0.2) is 0 Å². The molecule has 0 N–H and O–H groups in total. The lowest BCUT2D eigenvalue weighted by molar-refractivity contribution is 0.148. The topological polar surface area (TPSA) is 18.5 Å². The first-order valence-electron chi connectivity index (χ1n) is 6.79. The van der Waals surface area contributed by atoms with Crippen molar-refractivity contribution in [3.05, 3.63) is 40.8 Å². The van der Waals surface area contributed by atoms with Crippen molar-refractivity contribution in [3.63, 3.8) is 0 Å². The van der Waals surface area contributed by atoms with Crippen molar-refractivity contribution in [2.24, 2.45) is 0 Å². The van der Waals surface area contributed by atoms with Gasteiger partial charge in [-0.2, -0.15) is 0 Å². The second kappa shape index (κ2) is 7.61. The minimum Gasteiger partial charge on any atom is -0.519 e. The van der Waals surface area contributed by atoms with Crippen molar-refractivity contribution in [2.75, 3.05) is 7.11 Å². The van der Waals surface area contributed by atoms with Gasteiger partial charge in [0.2, 0.25) is 0 Å². The molecule has 1 rings (SSSR count). The molecule has 0 unspecified atom stereocenters. The van der Waals surface area contributed by atoms with Gasteiger partial charge >= 0.3 is 0 Å². The summed E-state index contributed by atoms with van der Waals surface area (Å²) in [6.07, 6.45) is 1.93.